The minimum absolute atomic E-state index is 0.000336. The highest BCUT2D eigenvalue weighted by Gasteiger charge is 2.35. The third-order valence-electron chi connectivity index (χ3n) is 6.30. The summed E-state index contributed by atoms with van der Waals surface area (Å²) in [5.74, 6) is 1.15. The van der Waals surface area contributed by atoms with Crippen molar-refractivity contribution in [3.63, 3.8) is 0 Å². The number of hydrogen-bond acceptors (Lipinski definition) is 8. The third-order valence-corrected chi connectivity index (χ3v) is 7.32. The lowest BCUT2D eigenvalue weighted by molar-refractivity contribution is -0.151. The summed E-state index contributed by atoms with van der Waals surface area (Å²) in [6.07, 6.45) is 3.29. The number of nitrogens with zero attached hydrogens (tertiary/aromatic N) is 5. The number of thioether (sulfide) groups is 1. The third kappa shape index (κ3) is 6.29. The Morgan fingerprint density at radius 2 is 1.70 bits per heavy atom. The highest BCUT2D eigenvalue weighted by Crippen LogP contribution is 2.31. The lowest BCUT2D eigenvalue weighted by Gasteiger charge is -2.35. The van der Waals surface area contributed by atoms with Gasteiger partial charge in [-0.1, -0.05) is 23.4 Å². The summed E-state index contributed by atoms with van der Waals surface area (Å²) in [6.45, 7) is 6.04. The van der Waals surface area contributed by atoms with Crippen LogP contribution in [0.5, 0.6) is 0 Å². The van der Waals surface area contributed by atoms with Crippen molar-refractivity contribution in [3.05, 3.63) is 11.2 Å². The first kappa shape index (κ1) is 24.1. The number of ether oxygens (including phenoxy) is 1. The monoisotopic (exact) mass is 495 g/mol. The van der Waals surface area contributed by atoms with Gasteiger partial charge >= 0.3 is 5.97 Å². The van der Waals surface area contributed by atoms with Crippen LogP contribution >= 0.6 is 23.4 Å². The van der Waals surface area contributed by atoms with Crippen molar-refractivity contribution in [2.75, 3.05) is 56.5 Å². The molecule has 2 aliphatic heterocycles. The standard InChI is InChI=1S/C22H30ClN5O4S/c1-2-32-21(31)16-5-7-27(8-6-16)19(29)14-33-22-24-17(23)13-18(25-22)26-9-11-28(12-10-26)20(30)15-3-4-15/h13,15-16H,2-12,14H2,1H3. The molecular formula is C22H30ClN5O4S. The van der Waals surface area contributed by atoms with E-state index in [1.165, 1.54) is 11.8 Å². The number of piperidine rings is 1. The number of anilines is 1. The molecule has 3 heterocycles. The predicted molar refractivity (Wildman–Crippen MR) is 125 cm³/mol. The van der Waals surface area contributed by atoms with E-state index in [1.54, 1.807) is 17.9 Å². The van der Waals surface area contributed by atoms with Crippen LogP contribution in [0, 0.1) is 11.8 Å². The first-order chi connectivity index (χ1) is 15.9. The van der Waals surface area contributed by atoms with Gasteiger partial charge in [0.2, 0.25) is 11.8 Å². The Kier molecular flexibility index (Phi) is 7.95. The van der Waals surface area contributed by atoms with E-state index in [-0.39, 0.29) is 35.4 Å². The SMILES string of the molecule is CCOC(=O)C1CCN(C(=O)CSc2nc(Cl)cc(N3CCN(C(=O)C4CC4)CC3)n2)CC1. The molecule has 1 aromatic heterocycles. The lowest BCUT2D eigenvalue weighted by atomic mass is 9.97. The van der Waals surface area contributed by atoms with E-state index in [0.717, 1.165) is 18.7 Å². The molecule has 9 nitrogen and oxygen atoms in total. The molecule has 2 saturated heterocycles. The van der Waals surface area contributed by atoms with Crippen molar-refractivity contribution < 1.29 is 19.1 Å². The van der Waals surface area contributed by atoms with Crippen LogP contribution in [-0.2, 0) is 19.1 Å². The average Bonchev–Trinajstić information content (AvgIpc) is 3.68. The summed E-state index contributed by atoms with van der Waals surface area (Å²) >= 11 is 7.51. The number of carbonyl (C=O) groups is 3. The molecule has 4 rings (SSSR count). The van der Waals surface area contributed by atoms with E-state index in [1.807, 2.05) is 4.90 Å². The second-order valence-electron chi connectivity index (χ2n) is 8.61. The normalized spacial score (nSPS) is 19.5. The van der Waals surface area contributed by atoms with Crippen molar-refractivity contribution in [1.29, 1.82) is 0 Å². The van der Waals surface area contributed by atoms with Crippen molar-refractivity contribution in [2.45, 2.75) is 37.8 Å². The summed E-state index contributed by atoms with van der Waals surface area (Å²) in [6, 6.07) is 1.73. The maximum Gasteiger partial charge on any atom is 0.309 e. The molecule has 0 radical (unpaired) electrons. The molecule has 33 heavy (non-hydrogen) atoms. The number of carbonyl (C=O) groups excluding carboxylic acids is 3. The number of likely N-dealkylation sites (tertiary alicyclic amines) is 1. The molecule has 0 unspecified atom stereocenters. The Morgan fingerprint density at radius 1 is 1.00 bits per heavy atom. The molecule has 0 atom stereocenters. The largest absolute Gasteiger partial charge is 0.466 e. The first-order valence-electron chi connectivity index (χ1n) is 11.6. The summed E-state index contributed by atoms with van der Waals surface area (Å²) < 4.78 is 5.09. The number of rotatable bonds is 7. The zero-order valence-corrected chi connectivity index (χ0v) is 20.4. The molecule has 0 N–H and O–H groups in total. The number of piperazine rings is 1. The number of hydrogen-bond donors (Lipinski definition) is 0. The van der Waals surface area contributed by atoms with Gasteiger partial charge in [0.05, 0.1) is 18.3 Å². The summed E-state index contributed by atoms with van der Waals surface area (Å²) in [4.78, 5) is 51.5. The molecule has 2 amide bonds. The molecule has 3 aliphatic rings. The van der Waals surface area contributed by atoms with Crippen LogP contribution in [0.15, 0.2) is 11.2 Å². The van der Waals surface area contributed by atoms with E-state index in [0.29, 0.717) is 69.0 Å². The first-order valence-corrected chi connectivity index (χ1v) is 13.0. The van der Waals surface area contributed by atoms with Gasteiger partial charge in [0.1, 0.15) is 11.0 Å². The van der Waals surface area contributed by atoms with Crippen molar-refractivity contribution in [3.8, 4) is 0 Å². The fraction of sp³-hybridized carbons (Fsp3) is 0.682. The fourth-order valence-corrected chi connectivity index (χ4v) is 5.18. The molecule has 0 bridgehead atoms. The van der Waals surface area contributed by atoms with E-state index >= 15 is 0 Å². The molecule has 0 aromatic carbocycles. The zero-order chi connectivity index (χ0) is 23.4. The van der Waals surface area contributed by atoms with E-state index < -0.39 is 0 Å². The minimum Gasteiger partial charge on any atom is -0.466 e. The van der Waals surface area contributed by atoms with Crippen LogP contribution in [0.2, 0.25) is 5.15 Å². The van der Waals surface area contributed by atoms with Gasteiger partial charge in [-0.25, -0.2) is 9.97 Å². The Hall–Kier alpha value is -2.07. The number of halogens is 1. The highest BCUT2D eigenvalue weighted by atomic mass is 35.5. The van der Waals surface area contributed by atoms with Crippen molar-refractivity contribution >= 4 is 47.0 Å². The lowest BCUT2D eigenvalue weighted by Crippen LogP contribution is -2.49. The van der Waals surface area contributed by atoms with E-state index in [9.17, 15) is 14.4 Å². The quantitative estimate of drug-likeness (QED) is 0.245. The topological polar surface area (TPSA) is 95.9 Å². The molecule has 180 valence electrons. The molecule has 1 aliphatic carbocycles. The smallest absolute Gasteiger partial charge is 0.309 e. The van der Waals surface area contributed by atoms with Crippen LogP contribution in [-0.4, -0.2) is 89.2 Å². The maximum absolute atomic E-state index is 12.7. The average molecular weight is 496 g/mol. The number of aromatic nitrogens is 2. The molecule has 11 heteroatoms. The van der Waals surface area contributed by atoms with Crippen LogP contribution in [0.1, 0.15) is 32.6 Å². The fourth-order valence-electron chi connectivity index (χ4n) is 4.20. The second-order valence-corrected chi connectivity index (χ2v) is 9.94. The van der Waals surface area contributed by atoms with Gasteiger partial charge < -0.3 is 19.4 Å². The van der Waals surface area contributed by atoms with Gasteiger partial charge in [-0.2, -0.15) is 0 Å². The molecule has 0 spiro atoms. The zero-order valence-electron chi connectivity index (χ0n) is 18.9. The predicted octanol–water partition coefficient (Wildman–Crippen LogP) is 2.08. The summed E-state index contributed by atoms with van der Waals surface area (Å²) in [5.41, 5.74) is 0. The van der Waals surface area contributed by atoms with Gasteiger partial charge in [-0.05, 0) is 32.6 Å². The van der Waals surface area contributed by atoms with Gasteiger partial charge in [0, 0.05) is 51.3 Å². The van der Waals surface area contributed by atoms with Crippen LogP contribution in [0.3, 0.4) is 0 Å². The Bertz CT molecular complexity index is 884. The van der Waals surface area contributed by atoms with Crippen LogP contribution < -0.4 is 4.90 Å². The van der Waals surface area contributed by atoms with Crippen molar-refractivity contribution in [1.82, 2.24) is 19.8 Å². The van der Waals surface area contributed by atoms with E-state index in [4.69, 9.17) is 16.3 Å². The Balaban J connectivity index is 1.26. The van der Waals surface area contributed by atoms with Gasteiger partial charge in [0.25, 0.3) is 0 Å². The van der Waals surface area contributed by atoms with Gasteiger partial charge in [0.15, 0.2) is 5.16 Å². The van der Waals surface area contributed by atoms with Crippen LogP contribution in [0.4, 0.5) is 5.82 Å². The van der Waals surface area contributed by atoms with E-state index in [2.05, 4.69) is 14.9 Å². The molecule has 1 aromatic rings. The number of amides is 2. The molecule has 3 fully saturated rings. The van der Waals surface area contributed by atoms with Gasteiger partial charge in [-0.15, -0.1) is 0 Å². The summed E-state index contributed by atoms with van der Waals surface area (Å²) in [7, 11) is 0. The molecular weight excluding hydrogens is 466 g/mol. The summed E-state index contributed by atoms with van der Waals surface area (Å²) in [5, 5.41) is 0.797. The Morgan fingerprint density at radius 3 is 2.33 bits per heavy atom. The van der Waals surface area contributed by atoms with Crippen LogP contribution in [0.25, 0.3) is 0 Å². The second kappa shape index (κ2) is 10.9. The molecule has 1 saturated carbocycles. The van der Waals surface area contributed by atoms with Crippen molar-refractivity contribution in [2.24, 2.45) is 11.8 Å². The maximum atomic E-state index is 12.7. The minimum atomic E-state index is -0.170. The highest BCUT2D eigenvalue weighted by molar-refractivity contribution is 7.99. The van der Waals surface area contributed by atoms with Gasteiger partial charge in [-0.3, -0.25) is 14.4 Å². The Labute approximate surface area is 203 Å². The number of esters is 1.